The minimum absolute atomic E-state index is 0.302. The molecular formula is C12H16BrN3S. The maximum Gasteiger partial charge on any atom is 0.0597 e. The lowest BCUT2D eigenvalue weighted by Crippen LogP contribution is -2.21. The summed E-state index contributed by atoms with van der Waals surface area (Å²) >= 11 is 5.36. The van der Waals surface area contributed by atoms with Gasteiger partial charge in [0.25, 0.3) is 0 Å². The standard InChI is InChI=1S/C12H16BrN3S/c1-8-6-11(16(3)15-8)10(14-2)7-12-9(13)4-5-17-12/h4-6,10,14H,7H2,1-3H3. The van der Waals surface area contributed by atoms with E-state index in [1.165, 1.54) is 15.0 Å². The van der Waals surface area contributed by atoms with E-state index in [0.717, 1.165) is 12.1 Å². The highest BCUT2D eigenvalue weighted by atomic mass is 79.9. The number of rotatable bonds is 4. The molecule has 5 heteroatoms. The molecule has 2 aromatic rings. The van der Waals surface area contributed by atoms with Crippen molar-refractivity contribution in [3.8, 4) is 0 Å². The van der Waals surface area contributed by atoms with Crippen LogP contribution in [0.25, 0.3) is 0 Å². The van der Waals surface area contributed by atoms with Gasteiger partial charge >= 0.3 is 0 Å². The van der Waals surface area contributed by atoms with Crippen molar-refractivity contribution in [3.63, 3.8) is 0 Å². The first-order valence-electron chi connectivity index (χ1n) is 5.51. The van der Waals surface area contributed by atoms with Gasteiger partial charge in [0.2, 0.25) is 0 Å². The fourth-order valence-corrected chi connectivity index (χ4v) is 3.53. The van der Waals surface area contributed by atoms with Crippen LogP contribution in [0.4, 0.5) is 0 Å². The van der Waals surface area contributed by atoms with E-state index in [1.54, 1.807) is 11.3 Å². The van der Waals surface area contributed by atoms with Crippen molar-refractivity contribution >= 4 is 27.3 Å². The predicted molar refractivity (Wildman–Crippen MR) is 75.5 cm³/mol. The summed E-state index contributed by atoms with van der Waals surface area (Å²) in [5.74, 6) is 0. The highest BCUT2D eigenvalue weighted by Crippen LogP contribution is 2.28. The lowest BCUT2D eigenvalue weighted by Gasteiger charge is -2.15. The zero-order chi connectivity index (χ0) is 12.4. The average molecular weight is 314 g/mol. The zero-order valence-electron chi connectivity index (χ0n) is 10.2. The van der Waals surface area contributed by atoms with Crippen LogP contribution in [-0.2, 0) is 13.5 Å². The van der Waals surface area contributed by atoms with Crippen LogP contribution < -0.4 is 5.32 Å². The van der Waals surface area contributed by atoms with Crippen LogP contribution in [0.15, 0.2) is 22.0 Å². The Hall–Kier alpha value is -0.650. The summed E-state index contributed by atoms with van der Waals surface area (Å²) in [4.78, 5) is 1.36. The molecule has 0 saturated carbocycles. The van der Waals surface area contributed by atoms with Crippen molar-refractivity contribution in [1.82, 2.24) is 15.1 Å². The van der Waals surface area contributed by atoms with E-state index in [-0.39, 0.29) is 0 Å². The number of hydrogen-bond acceptors (Lipinski definition) is 3. The lowest BCUT2D eigenvalue weighted by atomic mass is 10.1. The molecule has 2 aromatic heterocycles. The highest BCUT2D eigenvalue weighted by Gasteiger charge is 2.16. The van der Waals surface area contributed by atoms with Crippen LogP contribution in [0.2, 0.25) is 0 Å². The van der Waals surface area contributed by atoms with Crippen LogP contribution in [0.3, 0.4) is 0 Å². The predicted octanol–water partition coefficient (Wildman–Crippen LogP) is 3.06. The van der Waals surface area contributed by atoms with Crippen molar-refractivity contribution in [2.45, 2.75) is 19.4 Å². The quantitative estimate of drug-likeness (QED) is 0.940. The van der Waals surface area contributed by atoms with E-state index in [4.69, 9.17) is 0 Å². The minimum atomic E-state index is 0.302. The van der Waals surface area contributed by atoms with Crippen molar-refractivity contribution in [3.05, 3.63) is 38.3 Å². The van der Waals surface area contributed by atoms with Gasteiger partial charge in [-0.1, -0.05) is 0 Å². The third kappa shape index (κ3) is 2.78. The van der Waals surface area contributed by atoms with Crippen molar-refractivity contribution < 1.29 is 0 Å². The SMILES string of the molecule is CNC(Cc1sccc1Br)c1cc(C)nn1C. The van der Waals surface area contributed by atoms with Gasteiger partial charge in [-0.3, -0.25) is 4.68 Å². The molecule has 2 rings (SSSR count). The molecule has 1 N–H and O–H groups in total. The summed E-state index contributed by atoms with van der Waals surface area (Å²) in [7, 11) is 3.99. The molecular weight excluding hydrogens is 298 g/mol. The summed E-state index contributed by atoms with van der Waals surface area (Å²) in [5.41, 5.74) is 2.29. The van der Waals surface area contributed by atoms with Crippen LogP contribution >= 0.6 is 27.3 Å². The molecule has 0 aliphatic carbocycles. The van der Waals surface area contributed by atoms with Crippen molar-refractivity contribution in [2.75, 3.05) is 7.05 Å². The number of thiophene rings is 1. The Kier molecular flexibility index (Phi) is 4.01. The first-order valence-corrected chi connectivity index (χ1v) is 7.18. The Morgan fingerprint density at radius 3 is 2.82 bits per heavy atom. The number of nitrogens with one attached hydrogen (secondary N) is 1. The molecule has 0 amide bonds. The lowest BCUT2D eigenvalue weighted by molar-refractivity contribution is 0.539. The molecule has 0 fully saturated rings. The van der Waals surface area contributed by atoms with E-state index in [0.29, 0.717) is 6.04 Å². The van der Waals surface area contributed by atoms with E-state index < -0.39 is 0 Å². The maximum absolute atomic E-state index is 4.40. The van der Waals surface area contributed by atoms with Gasteiger partial charge in [-0.05, 0) is 47.4 Å². The molecule has 92 valence electrons. The second-order valence-electron chi connectivity index (χ2n) is 4.07. The van der Waals surface area contributed by atoms with Gasteiger partial charge in [0.1, 0.15) is 0 Å². The molecule has 0 bridgehead atoms. The number of aromatic nitrogens is 2. The molecule has 2 heterocycles. The largest absolute Gasteiger partial charge is 0.311 e. The Labute approximate surface area is 114 Å². The highest BCUT2D eigenvalue weighted by molar-refractivity contribution is 9.10. The molecule has 0 radical (unpaired) electrons. The molecule has 0 saturated heterocycles. The van der Waals surface area contributed by atoms with E-state index in [9.17, 15) is 0 Å². The number of hydrogen-bond donors (Lipinski definition) is 1. The summed E-state index contributed by atoms with van der Waals surface area (Å²) < 4.78 is 3.15. The first-order chi connectivity index (χ1) is 8.11. The molecule has 1 atom stereocenters. The fourth-order valence-electron chi connectivity index (χ4n) is 1.97. The Bertz CT molecular complexity index is 504. The van der Waals surface area contributed by atoms with Crippen LogP contribution in [0.1, 0.15) is 22.3 Å². The smallest absolute Gasteiger partial charge is 0.0597 e. The molecule has 0 spiro atoms. The van der Waals surface area contributed by atoms with Gasteiger partial charge in [0.05, 0.1) is 17.4 Å². The normalized spacial score (nSPS) is 12.9. The first kappa shape index (κ1) is 12.8. The zero-order valence-corrected chi connectivity index (χ0v) is 12.6. The number of halogens is 1. The Morgan fingerprint density at radius 2 is 2.35 bits per heavy atom. The molecule has 17 heavy (non-hydrogen) atoms. The average Bonchev–Trinajstić information content (AvgIpc) is 2.82. The van der Waals surface area contributed by atoms with Gasteiger partial charge < -0.3 is 5.32 Å². The van der Waals surface area contributed by atoms with Crippen LogP contribution in [0, 0.1) is 6.92 Å². The second kappa shape index (κ2) is 5.33. The molecule has 1 unspecified atom stereocenters. The monoisotopic (exact) mass is 313 g/mol. The van der Waals surface area contributed by atoms with Gasteiger partial charge in [-0.2, -0.15) is 5.10 Å². The summed E-state index contributed by atoms with van der Waals surface area (Å²) in [6, 6.07) is 4.54. The van der Waals surface area contributed by atoms with Crippen LogP contribution in [-0.4, -0.2) is 16.8 Å². The number of likely N-dealkylation sites (N-methyl/N-ethyl adjacent to an activating group) is 1. The number of nitrogens with zero attached hydrogens (tertiary/aromatic N) is 2. The Balaban J connectivity index is 2.23. The third-order valence-corrected chi connectivity index (χ3v) is 4.77. The number of aryl methyl sites for hydroxylation is 2. The molecule has 3 nitrogen and oxygen atoms in total. The van der Waals surface area contributed by atoms with E-state index in [2.05, 4.69) is 43.9 Å². The van der Waals surface area contributed by atoms with Crippen molar-refractivity contribution in [1.29, 1.82) is 0 Å². The van der Waals surface area contributed by atoms with E-state index >= 15 is 0 Å². The second-order valence-corrected chi connectivity index (χ2v) is 5.93. The molecule has 0 aromatic carbocycles. The van der Waals surface area contributed by atoms with Crippen LogP contribution in [0.5, 0.6) is 0 Å². The van der Waals surface area contributed by atoms with Gasteiger partial charge in [0.15, 0.2) is 0 Å². The topological polar surface area (TPSA) is 29.9 Å². The fraction of sp³-hybridized carbons (Fsp3) is 0.417. The minimum Gasteiger partial charge on any atom is -0.311 e. The molecule has 0 aliphatic rings. The summed E-state index contributed by atoms with van der Waals surface area (Å²) in [6.07, 6.45) is 0.980. The van der Waals surface area contributed by atoms with Gasteiger partial charge in [-0.25, -0.2) is 0 Å². The van der Waals surface area contributed by atoms with Gasteiger partial charge in [0, 0.05) is 22.8 Å². The summed E-state index contributed by atoms with van der Waals surface area (Å²) in [5, 5.41) is 9.87. The third-order valence-electron chi connectivity index (χ3n) is 2.82. The summed E-state index contributed by atoms with van der Waals surface area (Å²) in [6.45, 7) is 2.03. The van der Waals surface area contributed by atoms with Crippen molar-refractivity contribution in [2.24, 2.45) is 7.05 Å². The van der Waals surface area contributed by atoms with E-state index in [1.807, 2.05) is 25.7 Å². The molecule has 0 aliphatic heterocycles. The van der Waals surface area contributed by atoms with Gasteiger partial charge in [-0.15, -0.1) is 11.3 Å². The maximum atomic E-state index is 4.40. The Morgan fingerprint density at radius 1 is 1.59 bits per heavy atom.